The van der Waals surface area contributed by atoms with E-state index in [1.165, 1.54) is 24.8 Å². The fraction of sp³-hybridized carbons (Fsp3) is 0.400. The molecule has 1 fully saturated rings. The maximum Gasteiger partial charge on any atom is 0.0949 e. The molecule has 1 aromatic carbocycles. The lowest BCUT2D eigenvalue weighted by molar-refractivity contribution is 0.390. The van der Waals surface area contributed by atoms with E-state index in [-0.39, 0.29) is 0 Å². The van der Waals surface area contributed by atoms with Crippen molar-refractivity contribution in [3.8, 4) is 0 Å². The molecule has 1 aliphatic rings. The molecule has 0 amide bonds. The molecule has 0 spiro atoms. The number of rotatable bonds is 4. The Balaban J connectivity index is 1.63. The van der Waals surface area contributed by atoms with Gasteiger partial charge in [0.25, 0.3) is 0 Å². The molecule has 19 heavy (non-hydrogen) atoms. The summed E-state index contributed by atoms with van der Waals surface area (Å²) in [5.41, 5.74) is 1.32. The van der Waals surface area contributed by atoms with Gasteiger partial charge in [-0.15, -0.1) is 0 Å². The molecule has 2 unspecified atom stereocenters. The zero-order chi connectivity index (χ0) is 13.1. The number of imidazole rings is 1. The largest absolute Gasteiger partial charge is 0.333 e. The number of hydrogen-bond acceptors (Lipinski definition) is 2. The van der Waals surface area contributed by atoms with Gasteiger partial charge in [0, 0.05) is 35.5 Å². The fourth-order valence-electron chi connectivity index (χ4n) is 2.90. The van der Waals surface area contributed by atoms with Crippen molar-refractivity contribution in [2.75, 3.05) is 0 Å². The normalized spacial score (nSPS) is 22.8. The second kappa shape index (κ2) is 5.88. The molecule has 1 N–H and O–H groups in total. The van der Waals surface area contributed by atoms with Crippen LogP contribution in [0.25, 0.3) is 0 Å². The Hall–Kier alpha value is -1.13. The second-order valence-electron chi connectivity index (χ2n) is 5.13. The van der Waals surface area contributed by atoms with E-state index < -0.39 is 0 Å². The van der Waals surface area contributed by atoms with E-state index in [4.69, 9.17) is 0 Å². The van der Waals surface area contributed by atoms with Crippen LogP contribution in [0.1, 0.15) is 30.9 Å². The summed E-state index contributed by atoms with van der Waals surface area (Å²) in [5, 5.41) is 3.69. The summed E-state index contributed by atoms with van der Waals surface area (Å²) in [7, 11) is 0. The Morgan fingerprint density at radius 2 is 2.32 bits per heavy atom. The summed E-state index contributed by atoms with van der Waals surface area (Å²) in [6.07, 6.45) is 9.65. The van der Waals surface area contributed by atoms with Crippen LogP contribution in [0.2, 0.25) is 0 Å². The zero-order valence-electron chi connectivity index (χ0n) is 10.8. The highest BCUT2D eigenvalue weighted by Crippen LogP contribution is 2.30. The lowest BCUT2D eigenvalue weighted by Crippen LogP contribution is -2.33. The standard InChI is InChI=1S/C15H18BrN3/c16-13-4-1-3-12(9-13)10-18-14-5-2-6-15(14)19-8-7-17-11-19/h1,3-4,7-9,11,14-15,18H,2,5-6,10H2. The van der Waals surface area contributed by atoms with Crippen LogP contribution in [0, 0.1) is 0 Å². The summed E-state index contributed by atoms with van der Waals surface area (Å²) >= 11 is 3.52. The molecule has 0 radical (unpaired) electrons. The second-order valence-corrected chi connectivity index (χ2v) is 6.04. The van der Waals surface area contributed by atoms with Gasteiger partial charge in [0.1, 0.15) is 0 Å². The lowest BCUT2D eigenvalue weighted by atomic mass is 10.1. The molecule has 2 aromatic rings. The van der Waals surface area contributed by atoms with E-state index in [2.05, 4.69) is 61.3 Å². The number of nitrogens with zero attached hydrogens (tertiary/aromatic N) is 2. The van der Waals surface area contributed by atoms with Gasteiger partial charge in [-0.05, 0) is 37.0 Å². The molecule has 1 aliphatic carbocycles. The van der Waals surface area contributed by atoms with Crippen molar-refractivity contribution < 1.29 is 0 Å². The summed E-state index contributed by atoms with van der Waals surface area (Å²) in [6, 6.07) is 9.59. The molecule has 0 saturated heterocycles. The number of halogens is 1. The third kappa shape index (κ3) is 3.07. The van der Waals surface area contributed by atoms with Crippen molar-refractivity contribution in [3.63, 3.8) is 0 Å². The molecule has 2 atom stereocenters. The molecule has 1 saturated carbocycles. The minimum absolute atomic E-state index is 0.549. The van der Waals surface area contributed by atoms with E-state index in [0.717, 1.165) is 11.0 Å². The van der Waals surface area contributed by atoms with E-state index in [0.29, 0.717) is 12.1 Å². The Labute approximate surface area is 122 Å². The zero-order valence-corrected chi connectivity index (χ0v) is 12.4. The fourth-order valence-corrected chi connectivity index (χ4v) is 3.34. The van der Waals surface area contributed by atoms with Crippen molar-refractivity contribution >= 4 is 15.9 Å². The Morgan fingerprint density at radius 1 is 1.37 bits per heavy atom. The van der Waals surface area contributed by atoms with E-state index in [1.54, 1.807) is 0 Å². The van der Waals surface area contributed by atoms with Crippen molar-refractivity contribution in [2.24, 2.45) is 0 Å². The SMILES string of the molecule is Brc1cccc(CNC2CCCC2n2ccnc2)c1. The monoisotopic (exact) mass is 319 g/mol. The number of hydrogen-bond donors (Lipinski definition) is 1. The first-order valence-electron chi connectivity index (χ1n) is 6.78. The smallest absolute Gasteiger partial charge is 0.0949 e. The van der Waals surface area contributed by atoms with Gasteiger partial charge in [-0.25, -0.2) is 4.98 Å². The lowest BCUT2D eigenvalue weighted by Gasteiger charge is -2.22. The van der Waals surface area contributed by atoms with E-state index >= 15 is 0 Å². The van der Waals surface area contributed by atoms with Crippen LogP contribution < -0.4 is 5.32 Å². The molecule has 0 aliphatic heterocycles. The molecule has 0 bridgehead atoms. The van der Waals surface area contributed by atoms with Gasteiger partial charge in [0.15, 0.2) is 0 Å². The predicted octanol–water partition coefficient (Wildman–Crippen LogP) is 3.53. The molecule has 100 valence electrons. The van der Waals surface area contributed by atoms with Crippen LogP contribution in [0.3, 0.4) is 0 Å². The molecule has 1 aromatic heterocycles. The van der Waals surface area contributed by atoms with Crippen LogP contribution >= 0.6 is 15.9 Å². The topological polar surface area (TPSA) is 29.9 Å². The highest BCUT2D eigenvalue weighted by atomic mass is 79.9. The molecule has 1 heterocycles. The molecular weight excluding hydrogens is 302 g/mol. The molecule has 4 heteroatoms. The molecule has 3 nitrogen and oxygen atoms in total. The van der Waals surface area contributed by atoms with Gasteiger partial charge in [0.05, 0.1) is 6.33 Å². The summed E-state index contributed by atoms with van der Waals surface area (Å²) in [5.74, 6) is 0. The summed E-state index contributed by atoms with van der Waals surface area (Å²) in [4.78, 5) is 4.16. The maximum atomic E-state index is 4.16. The summed E-state index contributed by atoms with van der Waals surface area (Å²) < 4.78 is 3.38. The minimum atomic E-state index is 0.549. The molecule has 3 rings (SSSR count). The Kier molecular flexibility index (Phi) is 3.99. The van der Waals surface area contributed by atoms with E-state index in [9.17, 15) is 0 Å². The van der Waals surface area contributed by atoms with Crippen molar-refractivity contribution in [2.45, 2.75) is 37.9 Å². The van der Waals surface area contributed by atoms with Crippen LogP contribution in [0.5, 0.6) is 0 Å². The van der Waals surface area contributed by atoms with E-state index in [1.807, 2.05) is 12.5 Å². The van der Waals surface area contributed by atoms with Gasteiger partial charge < -0.3 is 9.88 Å². The average Bonchev–Trinajstić information content (AvgIpc) is 3.07. The number of benzene rings is 1. The molecular formula is C15H18BrN3. The van der Waals surface area contributed by atoms with Crippen LogP contribution in [0.15, 0.2) is 47.5 Å². The van der Waals surface area contributed by atoms with Crippen LogP contribution in [0.4, 0.5) is 0 Å². The van der Waals surface area contributed by atoms with Gasteiger partial charge in [-0.2, -0.15) is 0 Å². The first kappa shape index (κ1) is 12.9. The maximum absolute atomic E-state index is 4.16. The average molecular weight is 320 g/mol. The Bertz CT molecular complexity index is 524. The van der Waals surface area contributed by atoms with Crippen molar-refractivity contribution in [1.29, 1.82) is 0 Å². The first-order valence-corrected chi connectivity index (χ1v) is 7.57. The van der Waals surface area contributed by atoms with Gasteiger partial charge in [-0.1, -0.05) is 28.1 Å². The summed E-state index contributed by atoms with van der Waals surface area (Å²) in [6.45, 7) is 0.926. The highest BCUT2D eigenvalue weighted by molar-refractivity contribution is 9.10. The predicted molar refractivity (Wildman–Crippen MR) is 79.9 cm³/mol. The quantitative estimate of drug-likeness (QED) is 0.934. The van der Waals surface area contributed by atoms with Crippen LogP contribution in [-0.2, 0) is 6.54 Å². The van der Waals surface area contributed by atoms with Gasteiger partial charge in [0.2, 0.25) is 0 Å². The van der Waals surface area contributed by atoms with Gasteiger partial charge in [-0.3, -0.25) is 0 Å². The Morgan fingerprint density at radius 3 is 3.11 bits per heavy atom. The third-order valence-corrected chi connectivity index (χ3v) is 4.34. The highest BCUT2D eigenvalue weighted by Gasteiger charge is 2.27. The first-order chi connectivity index (χ1) is 9.33. The minimum Gasteiger partial charge on any atom is -0.333 e. The third-order valence-electron chi connectivity index (χ3n) is 3.84. The van der Waals surface area contributed by atoms with Crippen molar-refractivity contribution in [3.05, 3.63) is 53.0 Å². The van der Waals surface area contributed by atoms with Gasteiger partial charge >= 0.3 is 0 Å². The number of aromatic nitrogens is 2. The number of nitrogens with one attached hydrogen (secondary N) is 1. The van der Waals surface area contributed by atoms with Crippen molar-refractivity contribution in [1.82, 2.24) is 14.9 Å². The van der Waals surface area contributed by atoms with Crippen LogP contribution in [-0.4, -0.2) is 15.6 Å².